The normalized spacial score (nSPS) is 22.8. The summed E-state index contributed by atoms with van der Waals surface area (Å²) in [5.74, 6) is -1.91. The zero-order chi connectivity index (χ0) is 27.4. The minimum atomic E-state index is -0.824. The Morgan fingerprint density at radius 1 is 1.24 bits per heavy atom. The Bertz CT molecular complexity index is 1220. The van der Waals surface area contributed by atoms with Gasteiger partial charge >= 0.3 is 0 Å². The third-order valence-electron chi connectivity index (χ3n) is 7.82. The van der Waals surface area contributed by atoms with Crippen molar-refractivity contribution in [1.82, 2.24) is 4.90 Å². The highest BCUT2D eigenvalue weighted by Gasteiger charge is 2.54. The Hall–Kier alpha value is -2.26. The molecule has 0 radical (unpaired) electrons. The monoisotopic (exact) mass is 601 g/mol. The lowest BCUT2D eigenvalue weighted by Crippen LogP contribution is -2.39. The number of thiophene rings is 1. The quantitative estimate of drug-likeness (QED) is 0.215. The van der Waals surface area contributed by atoms with E-state index >= 15 is 0 Å². The zero-order valence-electron chi connectivity index (χ0n) is 21.9. The molecular formula is C30H36BrNO5S. The summed E-state index contributed by atoms with van der Waals surface area (Å²) in [4.78, 5) is 29.2. The summed E-state index contributed by atoms with van der Waals surface area (Å²) in [6, 6.07) is 9.11. The molecule has 6 nitrogen and oxygen atoms in total. The second kappa shape index (κ2) is 12.7. The number of likely N-dealkylation sites (tertiary alicyclic amines) is 1. The van der Waals surface area contributed by atoms with E-state index in [1.807, 2.05) is 36.6 Å². The van der Waals surface area contributed by atoms with Crippen LogP contribution in [0.15, 0.2) is 56.9 Å². The third-order valence-corrected chi connectivity index (χ3v) is 9.17. The molecule has 2 amide bonds. The molecule has 4 rings (SSSR count). The van der Waals surface area contributed by atoms with Crippen LogP contribution in [-0.2, 0) is 16.1 Å². The number of benzene rings is 1. The van der Waals surface area contributed by atoms with Crippen molar-refractivity contribution in [2.75, 3.05) is 6.61 Å². The van der Waals surface area contributed by atoms with Crippen LogP contribution in [0.5, 0.6) is 5.75 Å². The minimum Gasteiger partial charge on any atom is -0.507 e. The summed E-state index contributed by atoms with van der Waals surface area (Å²) in [5.41, 5.74) is 3.55. The first-order chi connectivity index (χ1) is 18.3. The molecule has 4 atom stereocenters. The highest BCUT2D eigenvalue weighted by molar-refractivity contribution is 9.10. The van der Waals surface area contributed by atoms with Crippen LogP contribution in [0.25, 0.3) is 6.08 Å². The van der Waals surface area contributed by atoms with Crippen LogP contribution >= 0.6 is 27.3 Å². The van der Waals surface area contributed by atoms with Crippen LogP contribution < -0.4 is 0 Å². The average Bonchev–Trinajstić information content (AvgIpc) is 3.50. The molecule has 1 aromatic heterocycles. The van der Waals surface area contributed by atoms with Crippen LogP contribution in [0.4, 0.5) is 0 Å². The topological polar surface area (TPSA) is 98.1 Å². The summed E-state index contributed by atoms with van der Waals surface area (Å²) in [5, 5.41) is 34.1. The van der Waals surface area contributed by atoms with Gasteiger partial charge in [0.2, 0.25) is 11.8 Å². The molecule has 2 aromatic rings. The first-order valence-corrected chi connectivity index (χ1v) is 15.0. The molecule has 1 aliphatic carbocycles. The first kappa shape index (κ1) is 28.7. The number of carbonyl (C=O) groups excluding carboxylic acids is 2. The molecule has 2 heterocycles. The number of hydrogen-bond acceptors (Lipinski definition) is 6. The Kier molecular flexibility index (Phi) is 9.63. The molecule has 1 fully saturated rings. The maximum Gasteiger partial charge on any atom is 0.234 e. The molecule has 8 heteroatoms. The number of aromatic hydroxyl groups is 1. The van der Waals surface area contributed by atoms with Gasteiger partial charge in [-0.3, -0.25) is 14.5 Å². The van der Waals surface area contributed by atoms with E-state index < -0.39 is 23.9 Å². The summed E-state index contributed by atoms with van der Waals surface area (Å²) >= 11 is 4.96. The smallest absolute Gasteiger partial charge is 0.234 e. The summed E-state index contributed by atoms with van der Waals surface area (Å²) in [6.07, 6.45) is 4.96. The number of aliphatic hydroxyl groups excluding tert-OH is 2. The lowest BCUT2D eigenvalue weighted by Gasteiger charge is -2.36. The number of nitrogens with zero attached hydrogens (tertiary/aromatic N) is 1. The third kappa shape index (κ3) is 5.98. The molecule has 38 heavy (non-hydrogen) atoms. The van der Waals surface area contributed by atoms with E-state index in [9.17, 15) is 24.9 Å². The van der Waals surface area contributed by atoms with E-state index in [1.54, 1.807) is 12.1 Å². The number of imide groups is 1. The van der Waals surface area contributed by atoms with Gasteiger partial charge in [-0.2, -0.15) is 0 Å². The summed E-state index contributed by atoms with van der Waals surface area (Å²) in [6.45, 7) is 4.08. The van der Waals surface area contributed by atoms with Gasteiger partial charge in [-0.25, -0.2) is 0 Å². The number of aliphatic hydroxyl groups is 2. The zero-order valence-corrected chi connectivity index (χ0v) is 24.3. The Balaban J connectivity index is 1.57. The van der Waals surface area contributed by atoms with Gasteiger partial charge in [-0.05, 0) is 67.3 Å². The number of halogens is 1. The molecule has 204 valence electrons. The summed E-state index contributed by atoms with van der Waals surface area (Å²) in [7, 11) is 0. The van der Waals surface area contributed by atoms with Gasteiger partial charge in [0.15, 0.2) is 0 Å². The molecule has 0 unspecified atom stereocenters. The fraction of sp³-hybridized carbons (Fsp3) is 0.467. The second-order valence-corrected chi connectivity index (χ2v) is 12.1. The van der Waals surface area contributed by atoms with E-state index in [0.29, 0.717) is 24.8 Å². The molecule has 0 bridgehead atoms. The maximum atomic E-state index is 13.5. The number of allylic oxidation sites excluding steroid dienone is 2. The fourth-order valence-corrected chi connectivity index (χ4v) is 7.04. The lowest BCUT2D eigenvalue weighted by molar-refractivity contribution is -0.140. The Labute approximate surface area is 236 Å². The Morgan fingerprint density at radius 3 is 2.68 bits per heavy atom. The van der Waals surface area contributed by atoms with Gasteiger partial charge in [0.1, 0.15) is 5.75 Å². The lowest BCUT2D eigenvalue weighted by atomic mass is 9.67. The minimum absolute atomic E-state index is 0.168. The molecule has 3 N–H and O–H groups in total. The molecular weight excluding hydrogens is 566 g/mol. The van der Waals surface area contributed by atoms with E-state index in [2.05, 4.69) is 22.9 Å². The predicted octanol–water partition coefficient (Wildman–Crippen LogP) is 6.06. The van der Waals surface area contributed by atoms with Gasteiger partial charge in [0.05, 0.1) is 31.1 Å². The standard InChI is InChI=1S/C30H36BrNO5S/c1-3-6-19-15-23-28(30(37)32(29(23)36)16-22-7-5-12-38-22)24(17-33)27(19)26(35)10-8-18(4-2)13-20-14-21(31)9-11-25(20)34/h5,7,9,11-14,23-24,26,28,33-35H,3-4,6,8,10,15-17H2,1-2H3/b18-13+/t23-,24+,26-,28-/m1/s1. The largest absolute Gasteiger partial charge is 0.507 e. The van der Waals surface area contributed by atoms with Crippen molar-refractivity contribution in [3.8, 4) is 5.75 Å². The molecule has 0 spiro atoms. The molecule has 1 aliphatic heterocycles. The Morgan fingerprint density at radius 2 is 2.03 bits per heavy atom. The van der Waals surface area contributed by atoms with E-state index in [4.69, 9.17) is 0 Å². The van der Waals surface area contributed by atoms with E-state index in [-0.39, 0.29) is 30.7 Å². The molecule has 1 aromatic carbocycles. The number of fused-ring (bicyclic) bond motifs is 1. The van der Waals surface area contributed by atoms with Crippen molar-refractivity contribution < 1.29 is 24.9 Å². The number of amides is 2. The highest BCUT2D eigenvalue weighted by atomic mass is 79.9. The van der Waals surface area contributed by atoms with E-state index in [1.165, 1.54) is 16.2 Å². The van der Waals surface area contributed by atoms with Crippen LogP contribution in [0.3, 0.4) is 0 Å². The van der Waals surface area contributed by atoms with Crippen molar-refractivity contribution in [3.63, 3.8) is 0 Å². The number of phenolic OH excluding ortho intramolecular Hbond substituents is 1. The van der Waals surface area contributed by atoms with E-state index in [0.717, 1.165) is 45.3 Å². The predicted molar refractivity (Wildman–Crippen MR) is 153 cm³/mol. The molecule has 2 aliphatic rings. The number of hydrogen-bond donors (Lipinski definition) is 3. The average molecular weight is 603 g/mol. The fourth-order valence-electron chi connectivity index (χ4n) is 5.97. The van der Waals surface area contributed by atoms with Gasteiger partial charge in [-0.15, -0.1) is 11.3 Å². The van der Waals surface area contributed by atoms with Crippen LogP contribution in [0.1, 0.15) is 62.8 Å². The van der Waals surface area contributed by atoms with Crippen molar-refractivity contribution in [1.29, 1.82) is 0 Å². The van der Waals surface area contributed by atoms with Crippen molar-refractivity contribution in [3.05, 3.63) is 67.3 Å². The highest BCUT2D eigenvalue weighted by Crippen LogP contribution is 2.47. The number of carbonyl (C=O) groups is 2. The van der Waals surface area contributed by atoms with Gasteiger partial charge in [-0.1, -0.05) is 59.5 Å². The first-order valence-electron chi connectivity index (χ1n) is 13.3. The summed E-state index contributed by atoms with van der Waals surface area (Å²) < 4.78 is 0.873. The van der Waals surface area contributed by atoms with Gasteiger partial charge in [0, 0.05) is 20.8 Å². The molecule has 0 saturated carbocycles. The second-order valence-electron chi connectivity index (χ2n) is 10.2. The van der Waals surface area contributed by atoms with Crippen LogP contribution in [0.2, 0.25) is 0 Å². The maximum absolute atomic E-state index is 13.5. The van der Waals surface area contributed by atoms with Gasteiger partial charge in [0.25, 0.3) is 0 Å². The van der Waals surface area contributed by atoms with Gasteiger partial charge < -0.3 is 15.3 Å². The number of rotatable bonds is 11. The number of phenols is 1. The SMILES string of the molecule is CCCC1=C([C@H](O)CC/C(=C/c2cc(Br)ccc2O)CC)[C@H](CO)[C@@H]2C(=O)N(Cc3cccs3)C(=O)[C@@H]2C1. The van der Waals surface area contributed by atoms with Crippen LogP contribution in [0, 0.1) is 17.8 Å². The van der Waals surface area contributed by atoms with Crippen molar-refractivity contribution in [2.45, 2.75) is 65.0 Å². The van der Waals surface area contributed by atoms with Crippen molar-refractivity contribution in [2.24, 2.45) is 17.8 Å². The molecule has 1 saturated heterocycles. The van der Waals surface area contributed by atoms with Crippen LogP contribution in [-0.4, -0.2) is 44.7 Å². The van der Waals surface area contributed by atoms with Crippen molar-refractivity contribution >= 4 is 45.2 Å².